The van der Waals surface area contributed by atoms with E-state index in [0.29, 0.717) is 25.2 Å². The molecule has 1 atom stereocenters. The van der Waals surface area contributed by atoms with Gasteiger partial charge in [0.15, 0.2) is 0 Å². The molecule has 0 aliphatic rings. The molecule has 0 aliphatic heterocycles. The first-order chi connectivity index (χ1) is 18.6. The number of anilines is 2. The molecule has 0 aliphatic carbocycles. The fourth-order valence-electron chi connectivity index (χ4n) is 4.29. The average molecular weight is 548 g/mol. The molecule has 2 amide bonds. The van der Waals surface area contributed by atoms with Crippen LogP contribution in [0.2, 0.25) is 0 Å². The van der Waals surface area contributed by atoms with Crippen LogP contribution in [0.3, 0.4) is 0 Å². The Kier molecular flexibility index (Phi) is 12.3. The second-order valence-electron chi connectivity index (χ2n) is 8.83. The molecule has 4 N–H and O–H groups in total. The lowest BCUT2D eigenvalue weighted by Gasteiger charge is -2.30. The summed E-state index contributed by atoms with van der Waals surface area (Å²) in [7, 11) is 0. The van der Waals surface area contributed by atoms with Crippen LogP contribution in [-0.2, 0) is 6.18 Å². The molecule has 3 rings (SSSR count). The zero-order valence-corrected chi connectivity index (χ0v) is 23.4. The number of halogens is 3. The third-order valence-corrected chi connectivity index (χ3v) is 6.12. The van der Waals surface area contributed by atoms with Crippen LogP contribution in [0, 0.1) is 6.92 Å². The molecule has 1 heterocycles. The van der Waals surface area contributed by atoms with Gasteiger partial charge in [-0.15, -0.1) is 0 Å². The Balaban J connectivity index is 0.00000260. The average Bonchev–Trinajstić information content (AvgIpc) is 2.90. The number of nitrogens with two attached hydrogens (primary N) is 1. The highest BCUT2D eigenvalue weighted by atomic mass is 19.4. The Morgan fingerprint density at radius 3 is 2.49 bits per heavy atom. The first-order valence-electron chi connectivity index (χ1n) is 13.4. The molecule has 0 radical (unpaired) electrons. The summed E-state index contributed by atoms with van der Waals surface area (Å²) in [5.74, 6) is 0.137. The maximum absolute atomic E-state index is 13.7. The van der Waals surface area contributed by atoms with Crippen LogP contribution in [-0.4, -0.2) is 48.2 Å². The highest BCUT2D eigenvalue weighted by molar-refractivity contribution is 5.93. The van der Waals surface area contributed by atoms with Crippen LogP contribution in [0.1, 0.15) is 51.8 Å². The smallest absolute Gasteiger partial charge is 0.416 e. The highest BCUT2D eigenvalue weighted by Gasteiger charge is 2.31. The number of urea groups is 1. The number of hydrogen-bond donors (Lipinski definition) is 3. The molecule has 2 aromatic carbocycles. The van der Waals surface area contributed by atoms with Crippen LogP contribution in [0.5, 0.6) is 5.75 Å². The number of aromatic nitrogens is 1. The number of carbonyl (C=O) groups excluding carboxylic acids is 1. The Morgan fingerprint density at radius 1 is 1.13 bits per heavy atom. The summed E-state index contributed by atoms with van der Waals surface area (Å²) in [6.07, 6.45) is -3.10. The number of nitrogens with one attached hydrogen (secondary N) is 2. The fraction of sp³-hybridized carbons (Fsp3) is 0.448. The zero-order chi connectivity index (χ0) is 29.0. The minimum atomic E-state index is -4.52. The van der Waals surface area contributed by atoms with Gasteiger partial charge in [-0.2, -0.15) is 13.2 Å². The summed E-state index contributed by atoms with van der Waals surface area (Å²) >= 11 is 0. The molecular formula is C29H40F3N5O2. The van der Waals surface area contributed by atoms with Crippen LogP contribution < -0.4 is 21.1 Å². The summed E-state index contributed by atoms with van der Waals surface area (Å²) in [5.41, 5.74) is 6.85. The predicted molar refractivity (Wildman–Crippen MR) is 152 cm³/mol. The zero-order valence-electron chi connectivity index (χ0n) is 23.4. The Bertz CT molecular complexity index is 1200. The number of alkyl halides is 3. The Morgan fingerprint density at radius 2 is 1.85 bits per heavy atom. The van der Waals surface area contributed by atoms with Crippen molar-refractivity contribution in [3.8, 4) is 5.75 Å². The summed E-state index contributed by atoms with van der Waals surface area (Å²) in [4.78, 5) is 17.7. The number of likely N-dealkylation sites (N-methyl/N-ethyl adjacent to an activating group) is 1. The summed E-state index contributed by atoms with van der Waals surface area (Å²) in [5, 5.41) is 6.58. The lowest BCUT2D eigenvalue weighted by Crippen LogP contribution is -2.45. The molecule has 0 saturated carbocycles. The first-order valence-corrected chi connectivity index (χ1v) is 13.4. The van der Waals surface area contributed by atoms with Gasteiger partial charge in [-0.25, -0.2) is 4.79 Å². The summed E-state index contributed by atoms with van der Waals surface area (Å²) in [6, 6.07) is 12.5. The third kappa shape index (κ3) is 9.62. The van der Waals surface area contributed by atoms with Gasteiger partial charge in [0, 0.05) is 47.7 Å². The minimum absolute atomic E-state index is 0.112. The van der Waals surface area contributed by atoms with E-state index in [1.807, 2.05) is 58.9 Å². The van der Waals surface area contributed by atoms with E-state index in [-0.39, 0.29) is 24.1 Å². The standard InChI is InChI=1S/C27H34F3N5O2.C2H6/c1-4-21(17-32-26(31)36)35(5-2)11-8-12-37-22-15-19(27(28,29)30)14-20(16-22)34-25-13-18(3)33-24-10-7-6-9-23(24)25;1-2/h6-7,9-10,13-16,21H,4-5,8,11-12,17H2,1-3H3,(H,33,34)(H3,31,32,36);1-2H3. The molecular weight excluding hydrogens is 507 g/mol. The second kappa shape index (κ2) is 15.2. The number of primary amides is 1. The Labute approximate surface area is 228 Å². The number of hydrogen-bond acceptors (Lipinski definition) is 5. The largest absolute Gasteiger partial charge is 0.493 e. The monoisotopic (exact) mass is 547 g/mol. The quantitative estimate of drug-likeness (QED) is 0.215. The number of benzene rings is 2. The second-order valence-corrected chi connectivity index (χ2v) is 8.83. The molecule has 0 saturated heterocycles. The van der Waals surface area contributed by atoms with Crippen LogP contribution in [0.15, 0.2) is 48.5 Å². The molecule has 214 valence electrons. The first kappa shape index (κ1) is 31.7. The van der Waals surface area contributed by atoms with Crippen molar-refractivity contribution in [3.63, 3.8) is 0 Å². The number of pyridine rings is 1. The number of aryl methyl sites for hydroxylation is 1. The maximum atomic E-state index is 13.7. The van der Waals surface area contributed by atoms with Crippen LogP contribution >= 0.6 is 0 Å². The van der Waals surface area contributed by atoms with Crippen molar-refractivity contribution < 1.29 is 22.7 Å². The summed E-state index contributed by atoms with van der Waals surface area (Å²) in [6.45, 7) is 12.0. The molecule has 0 fully saturated rings. The van der Waals surface area contributed by atoms with Gasteiger partial charge in [0.25, 0.3) is 0 Å². The number of ether oxygens (including phenoxy) is 1. The van der Waals surface area contributed by atoms with E-state index in [4.69, 9.17) is 10.5 Å². The van der Waals surface area contributed by atoms with Gasteiger partial charge in [-0.1, -0.05) is 45.9 Å². The molecule has 1 unspecified atom stereocenters. The minimum Gasteiger partial charge on any atom is -0.493 e. The molecule has 3 aromatic rings. The van der Waals surface area contributed by atoms with Gasteiger partial charge >= 0.3 is 12.2 Å². The highest BCUT2D eigenvalue weighted by Crippen LogP contribution is 2.36. The van der Waals surface area contributed by atoms with Crippen molar-refractivity contribution in [3.05, 3.63) is 59.8 Å². The lowest BCUT2D eigenvalue weighted by molar-refractivity contribution is -0.137. The van der Waals surface area contributed by atoms with Crippen LogP contribution in [0.25, 0.3) is 10.9 Å². The Hall–Kier alpha value is -3.53. The van der Waals surface area contributed by atoms with Gasteiger partial charge in [-0.3, -0.25) is 9.88 Å². The molecule has 10 heteroatoms. The van der Waals surface area contributed by atoms with E-state index in [0.717, 1.165) is 41.7 Å². The predicted octanol–water partition coefficient (Wildman–Crippen LogP) is 6.87. The van der Waals surface area contributed by atoms with E-state index in [2.05, 4.69) is 20.5 Å². The van der Waals surface area contributed by atoms with Gasteiger partial charge < -0.3 is 21.1 Å². The van der Waals surface area contributed by atoms with E-state index in [1.54, 1.807) is 12.1 Å². The SMILES string of the molecule is CC.CCC(CNC(N)=O)N(CC)CCCOc1cc(Nc2cc(C)nc3ccccc23)cc(C(F)(F)F)c1. The van der Waals surface area contributed by atoms with E-state index in [9.17, 15) is 18.0 Å². The van der Waals surface area contributed by atoms with Crippen molar-refractivity contribution in [2.45, 2.75) is 59.7 Å². The fourth-order valence-corrected chi connectivity index (χ4v) is 4.29. The van der Waals surface area contributed by atoms with E-state index >= 15 is 0 Å². The molecule has 7 nitrogen and oxygen atoms in total. The van der Waals surface area contributed by atoms with Gasteiger partial charge in [0.2, 0.25) is 0 Å². The van der Waals surface area contributed by atoms with Gasteiger partial charge in [0.05, 0.1) is 17.7 Å². The number of carbonyl (C=O) groups is 1. The topological polar surface area (TPSA) is 92.5 Å². The number of fused-ring (bicyclic) bond motifs is 1. The molecule has 0 spiro atoms. The number of rotatable bonds is 12. The molecule has 39 heavy (non-hydrogen) atoms. The van der Waals surface area contributed by atoms with Crippen molar-refractivity contribution in [1.29, 1.82) is 0 Å². The van der Waals surface area contributed by atoms with Gasteiger partial charge in [0.1, 0.15) is 5.75 Å². The normalized spacial score (nSPS) is 12.0. The third-order valence-electron chi connectivity index (χ3n) is 6.12. The van der Waals surface area contributed by atoms with Crippen molar-refractivity contribution >= 4 is 28.3 Å². The molecule has 1 aromatic heterocycles. The number of nitrogens with zero attached hydrogens (tertiary/aromatic N) is 2. The van der Waals surface area contributed by atoms with E-state index < -0.39 is 17.8 Å². The van der Waals surface area contributed by atoms with Crippen molar-refractivity contribution in [2.75, 3.05) is 31.6 Å². The van der Waals surface area contributed by atoms with E-state index in [1.165, 1.54) is 0 Å². The van der Waals surface area contributed by atoms with Crippen molar-refractivity contribution in [1.82, 2.24) is 15.2 Å². The van der Waals surface area contributed by atoms with Crippen molar-refractivity contribution in [2.24, 2.45) is 5.73 Å². The molecule has 0 bridgehead atoms. The number of para-hydroxylation sites is 1. The van der Waals surface area contributed by atoms with Gasteiger partial charge in [-0.05, 0) is 50.6 Å². The number of amides is 2. The summed E-state index contributed by atoms with van der Waals surface area (Å²) < 4.78 is 46.8. The lowest BCUT2D eigenvalue weighted by atomic mass is 10.1. The van der Waals surface area contributed by atoms with Crippen LogP contribution in [0.4, 0.5) is 29.3 Å². The maximum Gasteiger partial charge on any atom is 0.416 e.